The maximum Gasteiger partial charge on any atom is 0.158 e. The molecule has 21 heavy (non-hydrogen) atoms. The Hall–Kier alpha value is -1.43. The molecule has 0 saturated heterocycles. The van der Waals surface area contributed by atoms with Crippen molar-refractivity contribution in [3.05, 3.63) is 70.0 Å². The van der Waals surface area contributed by atoms with E-state index < -0.39 is 15.7 Å². The van der Waals surface area contributed by atoms with E-state index in [-0.39, 0.29) is 23.6 Å². The normalized spacial score (nSPS) is 11.6. The van der Waals surface area contributed by atoms with E-state index in [0.29, 0.717) is 16.1 Å². The van der Waals surface area contributed by atoms with Crippen LogP contribution in [-0.2, 0) is 27.9 Å². The second kappa shape index (κ2) is 6.56. The molecular formula is C15H15ClFNO2S. The molecule has 0 atom stereocenters. The number of hydrogen-bond donors (Lipinski definition) is 1. The van der Waals surface area contributed by atoms with E-state index in [0.717, 1.165) is 0 Å². The fraction of sp³-hybridized carbons (Fsp3) is 0.200. The Kier molecular flexibility index (Phi) is 4.98. The molecular weight excluding hydrogens is 313 g/mol. The van der Waals surface area contributed by atoms with Gasteiger partial charge < -0.3 is 5.73 Å². The minimum absolute atomic E-state index is 0.0320. The van der Waals surface area contributed by atoms with Crippen LogP contribution in [0.5, 0.6) is 0 Å². The molecule has 0 aliphatic carbocycles. The number of halogens is 2. The highest BCUT2D eigenvalue weighted by Gasteiger charge is 2.18. The van der Waals surface area contributed by atoms with E-state index in [1.807, 2.05) is 0 Å². The number of rotatable bonds is 5. The van der Waals surface area contributed by atoms with Crippen molar-refractivity contribution in [3.8, 4) is 0 Å². The van der Waals surface area contributed by atoms with E-state index in [1.54, 1.807) is 36.4 Å². The summed E-state index contributed by atoms with van der Waals surface area (Å²) in [4.78, 5) is 0. The van der Waals surface area contributed by atoms with Crippen LogP contribution in [0.25, 0.3) is 0 Å². The van der Waals surface area contributed by atoms with Crippen molar-refractivity contribution in [2.45, 2.75) is 18.1 Å². The zero-order chi connectivity index (χ0) is 15.5. The summed E-state index contributed by atoms with van der Waals surface area (Å²) >= 11 is 5.96. The first kappa shape index (κ1) is 15.9. The van der Waals surface area contributed by atoms with Gasteiger partial charge in [-0.2, -0.15) is 0 Å². The molecule has 112 valence electrons. The zero-order valence-electron chi connectivity index (χ0n) is 11.2. The summed E-state index contributed by atoms with van der Waals surface area (Å²) in [7, 11) is -3.52. The van der Waals surface area contributed by atoms with E-state index in [2.05, 4.69) is 0 Å². The molecule has 3 nitrogen and oxygen atoms in total. The van der Waals surface area contributed by atoms with Gasteiger partial charge in [0.05, 0.1) is 11.5 Å². The van der Waals surface area contributed by atoms with Crippen molar-refractivity contribution >= 4 is 21.4 Å². The highest BCUT2D eigenvalue weighted by atomic mass is 35.5. The van der Waals surface area contributed by atoms with Gasteiger partial charge in [0.1, 0.15) is 5.82 Å². The van der Waals surface area contributed by atoms with Crippen LogP contribution in [0.3, 0.4) is 0 Å². The number of hydrogen-bond acceptors (Lipinski definition) is 3. The minimum Gasteiger partial charge on any atom is -0.326 e. The van der Waals surface area contributed by atoms with Crippen LogP contribution in [-0.4, -0.2) is 8.42 Å². The molecule has 0 amide bonds. The van der Waals surface area contributed by atoms with Gasteiger partial charge in [0.25, 0.3) is 0 Å². The van der Waals surface area contributed by atoms with Gasteiger partial charge in [-0.05, 0) is 11.6 Å². The Morgan fingerprint density at radius 1 is 0.952 bits per heavy atom. The van der Waals surface area contributed by atoms with Crippen LogP contribution in [0.1, 0.15) is 16.7 Å². The quantitative estimate of drug-likeness (QED) is 0.918. The summed E-state index contributed by atoms with van der Waals surface area (Å²) < 4.78 is 38.5. The topological polar surface area (TPSA) is 60.2 Å². The molecule has 0 unspecified atom stereocenters. The van der Waals surface area contributed by atoms with Gasteiger partial charge in [0.2, 0.25) is 0 Å². The van der Waals surface area contributed by atoms with Gasteiger partial charge in [-0.25, -0.2) is 12.8 Å². The molecule has 0 fully saturated rings. The molecule has 0 aliphatic heterocycles. The zero-order valence-corrected chi connectivity index (χ0v) is 12.8. The third-order valence-corrected chi connectivity index (χ3v) is 4.96. The van der Waals surface area contributed by atoms with Crippen LogP contribution in [0.15, 0.2) is 42.5 Å². The molecule has 0 aromatic heterocycles. The smallest absolute Gasteiger partial charge is 0.158 e. The van der Waals surface area contributed by atoms with Gasteiger partial charge >= 0.3 is 0 Å². The highest BCUT2D eigenvalue weighted by molar-refractivity contribution is 7.89. The predicted molar refractivity (Wildman–Crippen MR) is 82.1 cm³/mol. The molecule has 6 heteroatoms. The largest absolute Gasteiger partial charge is 0.326 e. The monoisotopic (exact) mass is 327 g/mol. The molecule has 0 saturated carbocycles. The summed E-state index contributed by atoms with van der Waals surface area (Å²) in [6.45, 7) is 0.0320. The average molecular weight is 328 g/mol. The molecule has 0 spiro atoms. The third kappa shape index (κ3) is 4.03. The van der Waals surface area contributed by atoms with Gasteiger partial charge in [0, 0.05) is 22.7 Å². The highest BCUT2D eigenvalue weighted by Crippen LogP contribution is 2.21. The summed E-state index contributed by atoms with van der Waals surface area (Å²) in [6.07, 6.45) is 0. The van der Waals surface area contributed by atoms with Gasteiger partial charge in [-0.3, -0.25) is 0 Å². The Morgan fingerprint density at radius 3 is 2.19 bits per heavy atom. The first-order chi connectivity index (χ1) is 9.93. The first-order valence-corrected chi connectivity index (χ1v) is 8.53. The van der Waals surface area contributed by atoms with Crippen molar-refractivity contribution in [2.24, 2.45) is 5.73 Å². The summed E-state index contributed by atoms with van der Waals surface area (Å²) in [5.41, 5.74) is 6.36. The van der Waals surface area contributed by atoms with Crippen molar-refractivity contribution in [1.82, 2.24) is 0 Å². The standard InChI is InChI=1S/C15H15ClFNO2S/c16-14-7-2-1-4-12(14)9-21(19,20)10-13-6-3-5-11(8-18)15(13)17/h1-7H,8-10,18H2. The van der Waals surface area contributed by atoms with Crippen molar-refractivity contribution in [1.29, 1.82) is 0 Å². The Morgan fingerprint density at radius 2 is 1.52 bits per heavy atom. The van der Waals surface area contributed by atoms with E-state index in [1.165, 1.54) is 6.07 Å². The van der Waals surface area contributed by atoms with Crippen molar-refractivity contribution < 1.29 is 12.8 Å². The summed E-state index contributed by atoms with van der Waals surface area (Å²) in [6, 6.07) is 11.3. The average Bonchev–Trinajstić information content (AvgIpc) is 2.43. The lowest BCUT2D eigenvalue weighted by Gasteiger charge is -2.09. The number of benzene rings is 2. The van der Waals surface area contributed by atoms with E-state index in [9.17, 15) is 12.8 Å². The fourth-order valence-electron chi connectivity index (χ4n) is 2.04. The lowest BCUT2D eigenvalue weighted by molar-refractivity contribution is 0.581. The van der Waals surface area contributed by atoms with Crippen molar-refractivity contribution in [3.63, 3.8) is 0 Å². The van der Waals surface area contributed by atoms with Gasteiger partial charge in [0.15, 0.2) is 9.84 Å². The first-order valence-electron chi connectivity index (χ1n) is 6.33. The lowest BCUT2D eigenvalue weighted by Crippen LogP contribution is -2.11. The van der Waals surface area contributed by atoms with E-state index in [4.69, 9.17) is 17.3 Å². The second-order valence-electron chi connectivity index (χ2n) is 4.72. The van der Waals surface area contributed by atoms with Crippen LogP contribution in [0.4, 0.5) is 4.39 Å². The number of nitrogens with two attached hydrogens (primary N) is 1. The molecule has 0 aliphatic rings. The van der Waals surface area contributed by atoms with Crippen LogP contribution >= 0.6 is 11.6 Å². The number of sulfone groups is 1. The minimum atomic E-state index is -3.52. The molecule has 2 rings (SSSR count). The molecule has 0 radical (unpaired) electrons. The summed E-state index contributed by atoms with van der Waals surface area (Å²) in [5, 5.41) is 0.386. The predicted octanol–water partition coefficient (Wildman–Crippen LogP) is 3.05. The SMILES string of the molecule is NCc1cccc(CS(=O)(=O)Cc2ccccc2Cl)c1F. The van der Waals surface area contributed by atoms with Crippen LogP contribution in [0, 0.1) is 5.82 Å². The Bertz CT molecular complexity index is 747. The fourth-order valence-corrected chi connectivity index (χ4v) is 3.85. The Balaban J connectivity index is 2.24. The lowest BCUT2D eigenvalue weighted by atomic mass is 10.1. The molecule has 0 bridgehead atoms. The van der Waals surface area contributed by atoms with E-state index >= 15 is 0 Å². The maximum atomic E-state index is 14.1. The third-order valence-electron chi connectivity index (χ3n) is 3.09. The molecule has 0 heterocycles. The molecule has 2 aromatic carbocycles. The second-order valence-corrected chi connectivity index (χ2v) is 7.19. The van der Waals surface area contributed by atoms with Crippen LogP contribution in [0.2, 0.25) is 5.02 Å². The van der Waals surface area contributed by atoms with Crippen LogP contribution < -0.4 is 5.73 Å². The van der Waals surface area contributed by atoms with Gasteiger partial charge in [-0.15, -0.1) is 0 Å². The Labute approximate surface area is 128 Å². The summed E-state index contributed by atoms with van der Waals surface area (Å²) in [5.74, 6) is -1.15. The van der Waals surface area contributed by atoms with Crippen molar-refractivity contribution in [2.75, 3.05) is 0 Å². The van der Waals surface area contributed by atoms with Gasteiger partial charge in [-0.1, -0.05) is 48.0 Å². The maximum absolute atomic E-state index is 14.1. The molecule has 2 aromatic rings. The molecule has 2 N–H and O–H groups in total.